The van der Waals surface area contributed by atoms with E-state index in [1.165, 1.54) is 0 Å². The Bertz CT molecular complexity index is 561. The molecule has 23 heavy (non-hydrogen) atoms. The summed E-state index contributed by atoms with van der Waals surface area (Å²) in [6.45, 7) is 3.73. The van der Waals surface area contributed by atoms with Gasteiger partial charge in [0.25, 0.3) is 5.91 Å². The van der Waals surface area contributed by atoms with Crippen molar-refractivity contribution < 1.29 is 9.59 Å². The largest absolute Gasteiger partial charge is 0.351 e. The van der Waals surface area contributed by atoms with Crippen molar-refractivity contribution in [2.45, 2.75) is 50.7 Å². The summed E-state index contributed by atoms with van der Waals surface area (Å²) in [7, 11) is 0. The van der Waals surface area contributed by atoms with Crippen molar-refractivity contribution in [2.75, 3.05) is 13.1 Å². The minimum absolute atomic E-state index is 0.00545. The fraction of sp³-hybridized carbons (Fsp3) is 0.556. The zero-order valence-electron chi connectivity index (χ0n) is 13.6. The smallest absolute Gasteiger partial charge is 0.254 e. The average Bonchev–Trinajstić information content (AvgIpc) is 3.05. The number of rotatable bonds is 3. The van der Waals surface area contributed by atoms with Gasteiger partial charge in [-0.25, -0.2) is 0 Å². The number of carbonyl (C=O) groups is 2. The fourth-order valence-electron chi connectivity index (χ4n) is 3.59. The number of benzene rings is 1. The van der Waals surface area contributed by atoms with E-state index in [0.717, 1.165) is 32.2 Å². The molecule has 5 heteroatoms. The van der Waals surface area contributed by atoms with E-state index >= 15 is 0 Å². The molecule has 2 saturated heterocycles. The third kappa shape index (κ3) is 3.72. The summed E-state index contributed by atoms with van der Waals surface area (Å²) in [4.78, 5) is 27.0. The van der Waals surface area contributed by atoms with Crippen LogP contribution in [-0.2, 0) is 4.79 Å². The Labute approximate surface area is 137 Å². The highest BCUT2D eigenvalue weighted by Crippen LogP contribution is 2.21. The van der Waals surface area contributed by atoms with Crippen LogP contribution in [-0.4, -0.2) is 47.9 Å². The Morgan fingerprint density at radius 1 is 1.22 bits per heavy atom. The molecule has 2 fully saturated rings. The first-order valence-electron chi connectivity index (χ1n) is 8.55. The minimum atomic E-state index is -0.326. The van der Waals surface area contributed by atoms with Crippen LogP contribution < -0.4 is 10.6 Å². The standard InChI is InChI=1S/C18H25N3O2/c1-13-12-15(9-10-19-13)20-17(22)16-8-5-11-21(16)18(23)14-6-3-2-4-7-14/h2-4,6-7,13,15-16,19H,5,8-12H2,1H3,(H,20,22). The molecule has 2 aliphatic heterocycles. The van der Waals surface area contributed by atoms with Crippen molar-refractivity contribution in [3.05, 3.63) is 35.9 Å². The lowest BCUT2D eigenvalue weighted by Crippen LogP contribution is -2.52. The first-order valence-corrected chi connectivity index (χ1v) is 8.55. The molecule has 3 atom stereocenters. The molecule has 0 aliphatic carbocycles. The number of nitrogens with zero attached hydrogens (tertiary/aromatic N) is 1. The van der Waals surface area contributed by atoms with Crippen LogP contribution in [0.1, 0.15) is 43.0 Å². The van der Waals surface area contributed by atoms with E-state index in [-0.39, 0.29) is 23.9 Å². The molecule has 0 bridgehead atoms. The van der Waals surface area contributed by atoms with Gasteiger partial charge in [0, 0.05) is 24.2 Å². The summed E-state index contributed by atoms with van der Waals surface area (Å²) in [5, 5.41) is 6.54. The Hall–Kier alpha value is -1.88. The predicted octanol–water partition coefficient (Wildman–Crippen LogP) is 1.55. The second-order valence-corrected chi connectivity index (χ2v) is 6.61. The van der Waals surface area contributed by atoms with Gasteiger partial charge in [-0.1, -0.05) is 18.2 Å². The normalized spacial score (nSPS) is 27.7. The number of hydrogen-bond acceptors (Lipinski definition) is 3. The third-order valence-corrected chi connectivity index (χ3v) is 4.81. The molecule has 5 nitrogen and oxygen atoms in total. The van der Waals surface area contributed by atoms with Crippen LogP contribution in [0, 0.1) is 0 Å². The van der Waals surface area contributed by atoms with Crippen molar-refractivity contribution >= 4 is 11.8 Å². The van der Waals surface area contributed by atoms with E-state index < -0.39 is 0 Å². The van der Waals surface area contributed by atoms with E-state index in [9.17, 15) is 9.59 Å². The van der Waals surface area contributed by atoms with Gasteiger partial charge in [-0.2, -0.15) is 0 Å². The molecule has 124 valence electrons. The summed E-state index contributed by atoms with van der Waals surface area (Å²) in [5.41, 5.74) is 0.655. The quantitative estimate of drug-likeness (QED) is 0.889. The highest BCUT2D eigenvalue weighted by atomic mass is 16.2. The molecular formula is C18H25N3O2. The second-order valence-electron chi connectivity index (χ2n) is 6.61. The highest BCUT2D eigenvalue weighted by Gasteiger charge is 2.35. The molecule has 1 aromatic rings. The van der Waals surface area contributed by atoms with Gasteiger partial charge in [0.05, 0.1) is 0 Å². The van der Waals surface area contributed by atoms with Gasteiger partial charge in [0.1, 0.15) is 6.04 Å². The van der Waals surface area contributed by atoms with Crippen LogP contribution in [0.3, 0.4) is 0 Å². The van der Waals surface area contributed by atoms with Crippen LogP contribution in [0.5, 0.6) is 0 Å². The van der Waals surface area contributed by atoms with E-state index in [1.54, 1.807) is 4.90 Å². The van der Waals surface area contributed by atoms with E-state index in [2.05, 4.69) is 17.6 Å². The van der Waals surface area contributed by atoms with Gasteiger partial charge in [0.15, 0.2) is 0 Å². The molecule has 2 aliphatic rings. The number of carbonyl (C=O) groups excluding carboxylic acids is 2. The first-order chi connectivity index (χ1) is 11.1. The zero-order chi connectivity index (χ0) is 16.2. The second kappa shape index (κ2) is 7.13. The van der Waals surface area contributed by atoms with E-state index in [0.29, 0.717) is 18.2 Å². The van der Waals surface area contributed by atoms with Gasteiger partial charge < -0.3 is 15.5 Å². The predicted molar refractivity (Wildman–Crippen MR) is 89.1 cm³/mol. The van der Waals surface area contributed by atoms with E-state index in [1.807, 2.05) is 30.3 Å². The highest BCUT2D eigenvalue weighted by molar-refractivity contribution is 5.97. The summed E-state index contributed by atoms with van der Waals surface area (Å²) >= 11 is 0. The SMILES string of the molecule is CC1CC(NC(=O)C2CCCN2C(=O)c2ccccc2)CCN1. The average molecular weight is 315 g/mol. The maximum absolute atomic E-state index is 12.6. The van der Waals surface area contributed by atoms with Crippen molar-refractivity contribution in [2.24, 2.45) is 0 Å². The van der Waals surface area contributed by atoms with Crippen LogP contribution >= 0.6 is 0 Å². The Kier molecular flexibility index (Phi) is 4.96. The summed E-state index contributed by atoms with van der Waals surface area (Å²) in [6.07, 6.45) is 3.55. The molecule has 0 radical (unpaired) electrons. The molecule has 2 N–H and O–H groups in total. The number of amides is 2. The van der Waals surface area contributed by atoms with Gasteiger partial charge in [0.2, 0.25) is 5.91 Å². The summed E-state index contributed by atoms with van der Waals surface area (Å²) in [5.74, 6) is -0.0344. The summed E-state index contributed by atoms with van der Waals surface area (Å²) in [6, 6.07) is 9.54. The van der Waals surface area contributed by atoms with Gasteiger partial charge in [-0.3, -0.25) is 9.59 Å². The van der Waals surface area contributed by atoms with Crippen LogP contribution in [0.2, 0.25) is 0 Å². The molecule has 3 rings (SSSR count). The van der Waals surface area contributed by atoms with Gasteiger partial charge >= 0.3 is 0 Å². The molecule has 3 unspecified atom stereocenters. The summed E-state index contributed by atoms with van der Waals surface area (Å²) < 4.78 is 0. The van der Waals surface area contributed by atoms with E-state index in [4.69, 9.17) is 0 Å². The molecule has 2 heterocycles. The molecule has 2 amide bonds. The monoisotopic (exact) mass is 315 g/mol. The number of hydrogen-bond donors (Lipinski definition) is 2. The molecule has 0 aromatic heterocycles. The topological polar surface area (TPSA) is 61.4 Å². The van der Waals surface area contributed by atoms with Gasteiger partial charge in [-0.15, -0.1) is 0 Å². The Morgan fingerprint density at radius 3 is 2.74 bits per heavy atom. The Morgan fingerprint density at radius 2 is 2.00 bits per heavy atom. The third-order valence-electron chi connectivity index (χ3n) is 4.81. The van der Waals surface area contributed by atoms with Crippen molar-refractivity contribution in [3.8, 4) is 0 Å². The maximum Gasteiger partial charge on any atom is 0.254 e. The van der Waals surface area contributed by atoms with Crippen molar-refractivity contribution in [1.29, 1.82) is 0 Å². The lowest BCUT2D eigenvalue weighted by Gasteiger charge is -2.31. The Balaban J connectivity index is 1.64. The first kappa shape index (κ1) is 16.0. The number of likely N-dealkylation sites (tertiary alicyclic amines) is 1. The van der Waals surface area contributed by atoms with Crippen LogP contribution in [0.25, 0.3) is 0 Å². The number of piperidine rings is 1. The molecule has 0 saturated carbocycles. The molecule has 0 spiro atoms. The minimum Gasteiger partial charge on any atom is -0.351 e. The molecular weight excluding hydrogens is 290 g/mol. The fourth-order valence-corrected chi connectivity index (χ4v) is 3.59. The lowest BCUT2D eigenvalue weighted by atomic mass is 10.00. The number of nitrogens with one attached hydrogen (secondary N) is 2. The van der Waals surface area contributed by atoms with Crippen LogP contribution in [0.15, 0.2) is 30.3 Å². The van der Waals surface area contributed by atoms with Crippen molar-refractivity contribution in [3.63, 3.8) is 0 Å². The zero-order valence-corrected chi connectivity index (χ0v) is 13.6. The lowest BCUT2D eigenvalue weighted by molar-refractivity contribution is -0.125. The van der Waals surface area contributed by atoms with Gasteiger partial charge in [-0.05, 0) is 51.3 Å². The van der Waals surface area contributed by atoms with Crippen LogP contribution in [0.4, 0.5) is 0 Å². The molecule has 1 aromatic carbocycles. The van der Waals surface area contributed by atoms with Crippen molar-refractivity contribution in [1.82, 2.24) is 15.5 Å². The maximum atomic E-state index is 12.6.